The lowest BCUT2D eigenvalue weighted by Gasteiger charge is -2.17. The Kier molecular flexibility index (Phi) is 5.93. The lowest BCUT2D eigenvalue weighted by molar-refractivity contribution is 0.669. The lowest BCUT2D eigenvalue weighted by atomic mass is 9.91. The number of hydrogen-bond donors (Lipinski definition) is 0. The van der Waals surface area contributed by atoms with Crippen molar-refractivity contribution < 1.29 is 8.83 Å². The molecule has 0 saturated heterocycles. The highest BCUT2D eigenvalue weighted by molar-refractivity contribution is 6.13. The van der Waals surface area contributed by atoms with Crippen molar-refractivity contribution in [2.24, 2.45) is 0 Å². The molecule has 10 rings (SSSR count). The Labute approximate surface area is 275 Å². The molecule has 0 aliphatic heterocycles. The Hall–Kier alpha value is -6.33. The fourth-order valence-corrected chi connectivity index (χ4v) is 7.20. The van der Waals surface area contributed by atoms with Crippen molar-refractivity contribution in [3.8, 4) is 33.9 Å². The van der Waals surface area contributed by atoms with Crippen LogP contribution in [0, 0.1) is 0 Å². The van der Waals surface area contributed by atoms with Gasteiger partial charge in [0.05, 0.1) is 5.56 Å². The van der Waals surface area contributed by atoms with Gasteiger partial charge in [-0.1, -0.05) is 109 Å². The molecule has 0 N–H and O–H groups in total. The number of rotatable bonds is 4. The highest BCUT2D eigenvalue weighted by atomic mass is 16.3. The summed E-state index contributed by atoms with van der Waals surface area (Å²) in [5, 5.41) is 4.27. The molecule has 0 bridgehead atoms. The quantitative estimate of drug-likeness (QED) is 0.197. The van der Waals surface area contributed by atoms with Gasteiger partial charge in [-0.15, -0.1) is 0 Å². The van der Waals surface area contributed by atoms with E-state index >= 15 is 0 Å². The van der Waals surface area contributed by atoms with Gasteiger partial charge in [-0.25, -0.2) is 15.0 Å². The van der Waals surface area contributed by atoms with Gasteiger partial charge in [-0.05, 0) is 71.0 Å². The van der Waals surface area contributed by atoms with E-state index in [0.717, 1.165) is 84.5 Å². The first-order chi connectivity index (χ1) is 23.8. The van der Waals surface area contributed by atoms with E-state index in [2.05, 4.69) is 84.9 Å². The van der Waals surface area contributed by atoms with Gasteiger partial charge in [0.15, 0.2) is 17.5 Å². The van der Waals surface area contributed by atoms with Crippen LogP contribution in [0.15, 0.2) is 142 Å². The molecule has 0 unspecified atom stereocenters. The maximum Gasteiger partial charge on any atom is 0.167 e. The SMILES string of the molecule is C1=C(c2nc(-c3ccccc3-c3cccc4oc5ccccc5c34)nc(-c3cccc4c3oc3ccccc34)n2)CCc2ccccc21. The average molecular weight is 618 g/mol. The standard InChI is InChI=1S/C43H27N3O2/c1-2-12-27-25-28(24-23-26(27)11-1)41-44-42(46-43(45-41)35-19-9-18-32-30-14-5-7-20-36(30)48-40(32)35)33-15-4-3-13-29(33)31-17-10-22-38-39(31)34-16-6-8-21-37(34)47-38/h1-22,25H,23-24H2. The van der Waals surface area contributed by atoms with Crippen molar-refractivity contribution in [2.75, 3.05) is 0 Å². The number of furan rings is 2. The number of nitrogens with zero attached hydrogens (tertiary/aromatic N) is 3. The van der Waals surface area contributed by atoms with E-state index in [1.165, 1.54) is 11.1 Å². The van der Waals surface area contributed by atoms with E-state index in [1.54, 1.807) is 0 Å². The second-order valence-corrected chi connectivity index (χ2v) is 12.3. The number of aromatic nitrogens is 3. The molecule has 0 fully saturated rings. The fraction of sp³-hybridized carbons (Fsp3) is 0.0465. The van der Waals surface area contributed by atoms with Crippen LogP contribution in [0.4, 0.5) is 0 Å². The molecule has 5 heteroatoms. The van der Waals surface area contributed by atoms with Gasteiger partial charge in [0, 0.05) is 27.1 Å². The molecule has 0 amide bonds. The zero-order valence-corrected chi connectivity index (χ0v) is 25.9. The zero-order valence-electron chi connectivity index (χ0n) is 25.9. The van der Waals surface area contributed by atoms with E-state index in [9.17, 15) is 0 Å². The smallest absolute Gasteiger partial charge is 0.167 e. The first kappa shape index (κ1) is 26.8. The number of fused-ring (bicyclic) bond motifs is 7. The summed E-state index contributed by atoms with van der Waals surface area (Å²) in [5.74, 6) is 1.88. The monoisotopic (exact) mass is 617 g/mol. The van der Waals surface area contributed by atoms with Crippen LogP contribution in [0.2, 0.25) is 0 Å². The lowest BCUT2D eigenvalue weighted by Crippen LogP contribution is -2.06. The third-order valence-corrected chi connectivity index (χ3v) is 9.48. The van der Waals surface area contributed by atoms with Gasteiger partial charge < -0.3 is 8.83 Å². The van der Waals surface area contributed by atoms with Gasteiger partial charge in [-0.2, -0.15) is 0 Å². The van der Waals surface area contributed by atoms with Crippen LogP contribution < -0.4 is 0 Å². The van der Waals surface area contributed by atoms with Crippen molar-refractivity contribution in [1.29, 1.82) is 0 Å². The van der Waals surface area contributed by atoms with Gasteiger partial charge in [0.1, 0.15) is 22.3 Å². The van der Waals surface area contributed by atoms with Crippen LogP contribution in [-0.4, -0.2) is 15.0 Å². The number of hydrogen-bond acceptors (Lipinski definition) is 5. The summed E-state index contributed by atoms with van der Waals surface area (Å²) in [7, 11) is 0. The van der Waals surface area contributed by atoms with E-state index in [1.807, 2.05) is 54.6 Å². The summed E-state index contributed by atoms with van der Waals surface area (Å²) in [4.78, 5) is 15.6. The van der Waals surface area contributed by atoms with Crippen molar-refractivity contribution in [3.05, 3.63) is 150 Å². The van der Waals surface area contributed by atoms with Crippen LogP contribution in [0.25, 0.3) is 89.4 Å². The minimum absolute atomic E-state index is 0.584. The van der Waals surface area contributed by atoms with Crippen LogP contribution in [-0.2, 0) is 6.42 Å². The molecule has 3 heterocycles. The third kappa shape index (κ3) is 4.21. The Morgan fingerprint density at radius 1 is 0.417 bits per heavy atom. The number of para-hydroxylation sites is 3. The molecule has 5 nitrogen and oxygen atoms in total. The van der Waals surface area contributed by atoms with E-state index in [-0.39, 0.29) is 0 Å². The summed E-state index contributed by atoms with van der Waals surface area (Å²) in [5.41, 5.74) is 10.8. The van der Waals surface area contributed by atoms with Gasteiger partial charge >= 0.3 is 0 Å². The summed E-state index contributed by atoms with van der Waals surface area (Å²) in [6, 6.07) is 45.7. The highest BCUT2D eigenvalue weighted by Crippen LogP contribution is 2.41. The van der Waals surface area contributed by atoms with E-state index in [4.69, 9.17) is 23.8 Å². The number of benzene rings is 6. The molecule has 9 aromatic rings. The highest BCUT2D eigenvalue weighted by Gasteiger charge is 2.22. The topological polar surface area (TPSA) is 65.0 Å². The van der Waals surface area contributed by atoms with Gasteiger partial charge in [0.25, 0.3) is 0 Å². The van der Waals surface area contributed by atoms with Crippen molar-refractivity contribution in [2.45, 2.75) is 12.8 Å². The van der Waals surface area contributed by atoms with Crippen molar-refractivity contribution >= 4 is 55.5 Å². The van der Waals surface area contributed by atoms with Gasteiger partial charge in [0.2, 0.25) is 0 Å². The van der Waals surface area contributed by atoms with Crippen molar-refractivity contribution in [1.82, 2.24) is 15.0 Å². The number of aryl methyl sites for hydroxylation is 1. The molecule has 1 aliphatic carbocycles. The molecule has 0 saturated carbocycles. The number of allylic oxidation sites excluding steroid dienone is 1. The average Bonchev–Trinajstić information content (AvgIpc) is 3.73. The second kappa shape index (κ2) is 10.6. The first-order valence-electron chi connectivity index (χ1n) is 16.2. The molecule has 3 aromatic heterocycles. The fourth-order valence-electron chi connectivity index (χ4n) is 7.20. The maximum atomic E-state index is 6.46. The van der Waals surface area contributed by atoms with Crippen LogP contribution in [0.3, 0.4) is 0 Å². The molecule has 0 atom stereocenters. The molecule has 6 aromatic carbocycles. The Morgan fingerprint density at radius 2 is 1.02 bits per heavy atom. The molecule has 0 radical (unpaired) electrons. The Bertz CT molecular complexity index is 2750. The maximum absolute atomic E-state index is 6.46. The summed E-state index contributed by atoms with van der Waals surface area (Å²) < 4.78 is 12.7. The molecule has 1 aliphatic rings. The minimum Gasteiger partial charge on any atom is -0.456 e. The molecule has 48 heavy (non-hydrogen) atoms. The van der Waals surface area contributed by atoms with Crippen LogP contribution in [0.5, 0.6) is 0 Å². The molecular formula is C43H27N3O2. The van der Waals surface area contributed by atoms with E-state index in [0.29, 0.717) is 17.5 Å². The molecule has 0 spiro atoms. The zero-order chi connectivity index (χ0) is 31.6. The van der Waals surface area contributed by atoms with Crippen molar-refractivity contribution in [3.63, 3.8) is 0 Å². The normalized spacial score (nSPS) is 13.0. The largest absolute Gasteiger partial charge is 0.456 e. The Morgan fingerprint density at radius 3 is 1.92 bits per heavy atom. The minimum atomic E-state index is 0.584. The second-order valence-electron chi connectivity index (χ2n) is 12.3. The molecule has 226 valence electrons. The summed E-state index contributed by atoms with van der Waals surface area (Å²) in [6.07, 6.45) is 4.01. The van der Waals surface area contributed by atoms with Gasteiger partial charge in [-0.3, -0.25) is 0 Å². The first-order valence-corrected chi connectivity index (χ1v) is 16.2. The predicted octanol–water partition coefficient (Wildman–Crippen LogP) is 11.2. The van der Waals surface area contributed by atoms with E-state index < -0.39 is 0 Å². The van der Waals surface area contributed by atoms with Crippen LogP contribution >= 0.6 is 0 Å². The Balaban J connectivity index is 1.23. The third-order valence-electron chi connectivity index (χ3n) is 9.48. The molecular weight excluding hydrogens is 590 g/mol. The van der Waals surface area contributed by atoms with Crippen LogP contribution in [0.1, 0.15) is 23.4 Å². The summed E-state index contributed by atoms with van der Waals surface area (Å²) >= 11 is 0. The predicted molar refractivity (Wildman–Crippen MR) is 193 cm³/mol. The summed E-state index contributed by atoms with van der Waals surface area (Å²) in [6.45, 7) is 0.